The van der Waals surface area contributed by atoms with Gasteiger partial charge < -0.3 is 0 Å². The normalized spacial score (nSPS) is 15.1. The van der Waals surface area contributed by atoms with Crippen molar-refractivity contribution in [3.63, 3.8) is 0 Å². The molecule has 158 valence electrons. The van der Waals surface area contributed by atoms with E-state index in [1.165, 1.54) is 51.4 Å². The Kier molecular flexibility index (Phi) is 19.5. The molecule has 0 amide bonds. The van der Waals surface area contributed by atoms with E-state index in [-0.39, 0.29) is 0 Å². The van der Waals surface area contributed by atoms with Gasteiger partial charge in [0.1, 0.15) is 0 Å². The average Bonchev–Trinajstić information content (AvgIpc) is 2.66. The molecule has 0 saturated heterocycles. The van der Waals surface area contributed by atoms with E-state index in [0.717, 1.165) is 25.7 Å². The molecule has 0 heterocycles. The van der Waals surface area contributed by atoms with E-state index in [1.54, 1.807) is 0 Å². The van der Waals surface area contributed by atoms with Crippen molar-refractivity contribution in [3.8, 4) is 0 Å². The molecule has 4 heteroatoms. The molecule has 0 rings (SSSR count). The maximum atomic E-state index is 5.55. The summed E-state index contributed by atoms with van der Waals surface area (Å²) in [6.45, 7) is 12.3. The Hall–Kier alpha value is -0.160. The third-order valence-corrected chi connectivity index (χ3v) is 5.09. The molecule has 0 aliphatic carbocycles. The third-order valence-electron chi connectivity index (χ3n) is 5.09. The van der Waals surface area contributed by atoms with Gasteiger partial charge >= 0.3 is 0 Å². The number of hydrogen-bond acceptors (Lipinski definition) is 4. The molecule has 0 radical (unpaired) electrons. The van der Waals surface area contributed by atoms with Gasteiger partial charge in [-0.05, 0) is 31.1 Å². The highest BCUT2D eigenvalue weighted by atomic mass is 17.3. The molecule has 0 aromatic rings. The van der Waals surface area contributed by atoms with Gasteiger partial charge in [0.05, 0.1) is 13.2 Å². The summed E-state index contributed by atoms with van der Waals surface area (Å²) in [6.07, 6.45) is 13.4. The fraction of sp³-hybridized carbons (Fsp3) is 1.00. The van der Waals surface area contributed by atoms with Gasteiger partial charge in [0.2, 0.25) is 6.29 Å². The molecule has 4 nitrogen and oxygen atoms in total. The Labute approximate surface area is 163 Å². The number of rotatable bonds is 20. The van der Waals surface area contributed by atoms with Crippen molar-refractivity contribution in [1.29, 1.82) is 0 Å². The first-order valence-electron chi connectivity index (χ1n) is 11.3. The molecule has 0 aromatic carbocycles. The Morgan fingerprint density at radius 2 is 1.00 bits per heavy atom. The molecule has 0 aliphatic rings. The standard InChI is InChI=1S/C22H46O4/c1-6-11-14-17-22(25-23-18-20(9-4)15-12-7-2)26-24-19-21(10-5)16-13-8-3/h20-22H,6-19H2,1-5H3. The van der Waals surface area contributed by atoms with Crippen molar-refractivity contribution in [3.05, 3.63) is 0 Å². The largest absolute Gasteiger partial charge is 0.234 e. The van der Waals surface area contributed by atoms with Gasteiger partial charge in [0.25, 0.3) is 0 Å². The van der Waals surface area contributed by atoms with Crippen molar-refractivity contribution in [2.75, 3.05) is 13.2 Å². The van der Waals surface area contributed by atoms with Crippen LogP contribution in [0.5, 0.6) is 0 Å². The lowest BCUT2D eigenvalue weighted by Crippen LogP contribution is -2.22. The highest BCUT2D eigenvalue weighted by Crippen LogP contribution is 2.17. The van der Waals surface area contributed by atoms with Crippen LogP contribution in [0.3, 0.4) is 0 Å². The summed E-state index contributed by atoms with van der Waals surface area (Å²) >= 11 is 0. The fourth-order valence-corrected chi connectivity index (χ4v) is 2.89. The van der Waals surface area contributed by atoms with E-state index < -0.39 is 6.29 Å². The van der Waals surface area contributed by atoms with Crippen LogP contribution < -0.4 is 0 Å². The Morgan fingerprint density at radius 3 is 1.38 bits per heavy atom. The summed E-state index contributed by atoms with van der Waals surface area (Å²) < 4.78 is 0. The molecule has 0 aliphatic heterocycles. The monoisotopic (exact) mass is 374 g/mol. The quantitative estimate of drug-likeness (QED) is 0.0975. The van der Waals surface area contributed by atoms with Crippen molar-refractivity contribution in [1.82, 2.24) is 0 Å². The highest BCUT2D eigenvalue weighted by molar-refractivity contribution is 4.56. The molecule has 0 spiro atoms. The molecule has 2 atom stereocenters. The predicted octanol–water partition coefficient (Wildman–Crippen LogP) is 7.22. The van der Waals surface area contributed by atoms with Gasteiger partial charge in [0, 0.05) is 6.42 Å². The smallest absolute Gasteiger partial charge is 0.224 e. The van der Waals surface area contributed by atoms with E-state index in [4.69, 9.17) is 19.6 Å². The molecule has 26 heavy (non-hydrogen) atoms. The van der Waals surface area contributed by atoms with Crippen molar-refractivity contribution in [2.24, 2.45) is 11.8 Å². The summed E-state index contributed by atoms with van der Waals surface area (Å²) in [4.78, 5) is 22.1. The zero-order valence-corrected chi connectivity index (χ0v) is 18.3. The lowest BCUT2D eigenvalue weighted by atomic mass is 10.0. The maximum absolute atomic E-state index is 5.55. The first-order valence-corrected chi connectivity index (χ1v) is 11.3. The molecular weight excluding hydrogens is 328 g/mol. The van der Waals surface area contributed by atoms with E-state index in [2.05, 4.69) is 34.6 Å². The van der Waals surface area contributed by atoms with Crippen LogP contribution in [0.1, 0.15) is 112 Å². The van der Waals surface area contributed by atoms with E-state index in [0.29, 0.717) is 25.0 Å². The summed E-state index contributed by atoms with van der Waals surface area (Å²) in [5.74, 6) is 1.12. The predicted molar refractivity (Wildman–Crippen MR) is 109 cm³/mol. The zero-order valence-electron chi connectivity index (χ0n) is 18.3. The first-order chi connectivity index (χ1) is 12.7. The summed E-state index contributed by atoms with van der Waals surface area (Å²) in [7, 11) is 0. The fourth-order valence-electron chi connectivity index (χ4n) is 2.89. The molecule has 0 saturated carbocycles. The van der Waals surface area contributed by atoms with Gasteiger partial charge in [-0.2, -0.15) is 0 Å². The SMILES string of the molecule is CCCCCC(OOCC(CC)CCCC)OOCC(CC)CCCC. The topological polar surface area (TPSA) is 36.9 Å². The van der Waals surface area contributed by atoms with Crippen LogP contribution in [0.15, 0.2) is 0 Å². The minimum absolute atomic E-state index is 0.422. The van der Waals surface area contributed by atoms with Gasteiger partial charge in [-0.15, -0.1) is 0 Å². The molecule has 0 fully saturated rings. The van der Waals surface area contributed by atoms with E-state index in [1.807, 2.05) is 0 Å². The maximum Gasteiger partial charge on any atom is 0.224 e. The second-order valence-electron chi connectivity index (χ2n) is 7.52. The first kappa shape index (κ1) is 25.8. The lowest BCUT2D eigenvalue weighted by molar-refractivity contribution is -0.467. The number of hydrogen-bond donors (Lipinski definition) is 0. The average molecular weight is 375 g/mol. The molecule has 0 N–H and O–H groups in total. The Morgan fingerprint density at radius 1 is 0.538 bits per heavy atom. The van der Waals surface area contributed by atoms with Crippen LogP contribution in [-0.4, -0.2) is 19.5 Å². The Balaban J connectivity index is 4.16. The summed E-state index contributed by atoms with van der Waals surface area (Å²) in [5.41, 5.74) is 0. The van der Waals surface area contributed by atoms with Crippen LogP contribution in [0.2, 0.25) is 0 Å². The Bertz CT molecular complexity index is 251. The molecular formula is C22H46O4. The molecule has 2 unspecified atom stereocenters. The lowest BCUT2D eigenvalue weighted by Gasteiger charge is -2.20. The van der Waals surface area contributed by atoms with Crippen molar-refractivity contribution < 1.29 is 19.6 Å². The van der Waals surface area contributed by atoms with E-state index >= 15 is 0 Å². The minimum atomic E-state index is -0.422. The highest BCUT2D eigenvalue weighted by Gasteiger charge is 2.15. The van der Waals surface area contributed by atoms with Gasteiger partial charge in [-0.1, -0.05) is 86.0 Å². The molecule has 0 bridgehead atoms. The second kappa shape index (κ2) is 19.6. The van der Waals surface area contributed by atoms with Crippen LogP contribution >= 0.6 is 0 Å². The van der Waals surface area contributed by atoms with Gasteiger partial charge in [-0.25, -0.2) is 19.6 Å². The second-order valence-corrected chi connectivity index (χ2v) is 7.52. The van der Waals surface area contributed by atoms with Crippen LogP contribution in [0.25, 0.3) is 0 Å². The van der Waals surface area contributed by atoms with Gasteiger partial charge in [0.15, 0.2) is 0 Å². The van der Waals surface area contributed by atoms with Crippen molar-refractivity contribution >= 4 is 0 Å². The van der Waals surface area contributed by atoms with Crippen LogP contribution in [-0.2, 0) is 19.6 Å². The minimum Gasteiger partial charge on any atom is -0.234 e. The zero-order chi connectivity index (χ0) is 19.5. The van der Waals surface area contributed by atoms with Crippen LogP contribution in [0, 0.1) is 11.8 Å². The van der Waals surface area contributed by atoms with Crippen molar-refractivity contribution in [2.45, 2.75) is 118 Å². The number of unbranched alkanes of at least 4 members (excludes halogenated alkanes) is 4. The summed E-state index contributed by atoms with van der Waals surface area (Å²) in [5, 5.41) is 0. The summed E-state index contributed by atoms with van der Waals surface area (Å²) in [6, 6.07) is 0. The molecule has 0 aromatic heterocycles. The van der Waals surface area contributed by atoms with E-state index in [9.17, 15) is 0 Å². The third kappa shape index (κ3) is 15.0. The van der Waals surface area contributed by atoms with Gasteiger partial charge in [-0.3, -0.25) is 0 Å². The van der Waals surface area contributed by atoms with Crippen LogP contribution in [0.4, 0.5) is 0 Å².